The average molecular weight is 417 g/mol. The number of nitrogens with one attached hydrogen (secondary N) is 1. The van der Waals surface area contributed by atoms with E-state index in [0.717, 1.165) is 35.7 Å². The molecule has 1 saturated heterocycles. The monoisotopic (exact) mass is 416 g/mol. The standard InChI is InChI=1S/C25H28N4O2/c1-19-8-6-11-22(16-19)31-18-25(30)26-21-10-7-9-20(17-21)23-12-13-24(28-27-23)29-14-4-2-3-5-15-29/h6-13,16-17H,2-5,14-15,18H2,1H3,(H,26,30). The number of hydrogen-bond donors (Lipinski definition) is 1. The molecule has 4 rings (SSSR count). The molecule has 0 aliphatic carbocycles. The first kappa shape index (κ1) is 20.8. The van der Waals surface area contributed by atoms with Crippen molar-refractivity contribution in [3.05, 3.63) is 66.2 Å². The lowest BCUT2D eigenvalue weighted by molar-refractivity contribution is -0.118. The predicted octanol–water partition coefficient (Wildman–Crippen LogP) is 4.85. The lowest BCUT2D eigenvalue weighted by atomic mass is 10.1. The summed E-state index contributed by atoms with van der Waals surface area (Å²) >= 11 is 0. The van der Waals surface area contributed by atoms with Gasteiger partial charge in [0.1, 0.15) is 5.75 Å². The Labute approximate surface area is 183 Å². The Morgan fingerprint density at radius 2 is 1.77 bits per heavy atom. The van der Waals surface area contributed by atoms with Gasteiger partial charge in [-0.25, -0.2) is 0 Å². The van der Waals surface area contributed by atoms with E-state index in [-0.39, 0.29) is 12.5 Å². The van der Waals surface area contributed by atoms with Crippen LogP contribution >= 0.6 is 0 Å². The smallest absolute Gasteiger partial charge is 0.262 e. The van der Waals surface area contributed by atoms with E-state index >= 15 is 0 Å². The van der Waals surface area contributed by atoms with E-state index in [0.29, 0.717) is 11.4 Å². The third-order valence-electron chi connectivity index (χ3n) is 5.38. The second-order valence-electron chi connectivity index (χ2n) is 7.91. The summed E-state index contributed by atoms with van der Waals surface area (Å²) in [5.41, 5.74) is 3.49. The van der Waals surface area contributed by atoms with Gasteiger partial charge in [0, 0.05) is 24.3 Å². The normalized spacial score (nSPS) is 14.0. The summed E-state index contributed by atoms with van der Waals surface area (Å²) < 4.78 is 5.58. The van der Waals surface area contributed by atoms with Crippen molar-refractivity contribution in [3.63, 3.8) is 0 Å². The van der Waals surface area contributed by atoms with Gasteiger partial charge in [-0.05, 0) is 61.7 Å². The van der Waals surface area contributed by atoms with E-state index in [1.165, 1.54) is 25.7 Å². The summed E-state index contributed by atoms with van der Waals surface area (Å²) in [7, 11) is 0. The summed E-state index contributed by atoms with van der Waals surface area (Å²) in [4.78, 5) is 14.6. The minimum absolute atomic E-state index is 0.0436. The van der Waals surface area contributed by atoms with Gasteiger partial charge < -0.3 is 15.0 Å². The van der Waals surface area contributed by atoms with Crippen molar-refractivity contribution in [1.29, 1.82) is 0 Å². The van der Waals surface area contributed by atoms with Crippen LogP contribution < -0.4 is 15.0 Å². The highest BCUT2D eigenvalue weighted by Crippen LogP contribution is 2.23. The fraction of sp³-hybridized carbons (Fsp3) is 0.320. The van der Waals surface area contributed by atoms with Crippen molar-refractivity contribution in [2.75, 3.05) is 29.9 Å². The van der Waals surface area contributed by atoms with Crippen LogP contribution in [-0.4, -0.2) is 35.8 Å². The van der Waals surface area contributed by atoms with Crippen molar-refractivity contribution in [3.8, 4) is 17.0 Å². The van der Waals surface area contributed by atoms with Gasteiger partial charge in [0.25, 0.3) is 5.91 Å². The number of carbonyl (C=O) groups is 1. The van der Waals surface area contributed by atoms with Crippen LogP contribution in [0.5, 0.6) is 5.75 Å². The number of anilines is 2. The Balaban J connectivity index is 1.37. The van der Waals surface area contributed by atoms with Crippen LogP contribution in [0.3, 0.4) is 0 Å². The van der Waals surface area contributed by atoms with Crippen LogP contribution in [0.25, 0.3) is 11.3 Å². The molecule has 1 aliphatic rings. The van der Waals surface area contributed by atoms with Gasteiger partial charge in [-0.2, -0.15) is 0 Å². The second-order valence-corrected chi connectivity index (χ2v) is 7.91. The average Bonchev–Trinajstić information content (AvgIpc) is 3.08. The van der Waals surface area contributed by atoms with Crippen LogP contribution in [-0.2, 0) is 4.79 Å². The third-order valence-corrected chi connectivity index (χ3v) is 5.38. The maximum atomic E-state index is 12.3. The van der Waals surface area contributed by atoms with Gasteiger partial charge in [0.15, 0.2) is 12.4 Å². The second kappa shape index (κ2) is 10.1. The molecule has 1 amide bonds. The highest BCUT2D eigenvalue weighted by molar-refractivity contribution is 5.92. The first-order valence-corrected chi connectivity index (χ1v) is 10.9. The molecule has 6 nitrogen and oxygen atoms in total. The summed E-state index contributed by atoms with van der Waals surface area (Å²) in [5.74, 6) is 1.41. The van der Waals surface area contributed by atoms with Gasteiger partial charge in [0.2, 0.25) is 0 Å². The largest absolute Gasteiger partial charge is 0.484 e. The fourth-order valence-corrected chi connectivity index (χ4v) is 3.75. The van der Waals surface area contributed by atoms with E-state index in [2.05, 4.69) is 20.4 Å². The van der Waals surface area contributed by atoms with Gasteiger partial charge in [0.05, 0.1) is 5.69 Å². The lowest BCUT2D eigenvalue weighted by Crippen LogP contribution is -2.25. The van der Waals surface area contributed by atoms with E-state index in [1.807, 2.05) is 67.6 Å². The molecule has 1 aromatic heterocycles. The van der Waals surface area contributed by atoms with E-state index in [4.69, 9.17) is 4.74 Å². The maximum absolute atomic E-state index is 12.3. The zero-order valence-corrected chi connectivity index (χ0v) is 17.9. The van der Waals surface area contributed by atoms with Crippen molar-refractivity contribution in [2.24, 2.45) is 0 Å². The summed E-state index contributed by atoms with van der Waals surface area (Å²) in [6.45, 7) is 4.03. The topological polar surface area (TPSA) is 67.3 Å². The van der Waals surface area contributed by atoms with E-state index in [9.17, 15) is 4.79 Å². The molecule has 0 unspecified atom stereocenters. The lowest BCUT2D eigenvalue weighted by Gasteiger charge is -2.20. The van der Waals surface area contributed by atoms with Gasteiger partial charge >= 0.3 is 0 Å². The molecule has 0 atom stereocenters. The van der Waals surface area contributed by atoms with E-state index < -0.39 is 0 Å². The Bertz CT molecular complexity index is 1010. The quantitative estimate of drug-likeness (QED) is 0.622. The number of aromatic nitrogens is 2. The molecule has 3 aromatic rings. The molecule has 2 aromatic carbocycles. The first-order chi connectivity index (χ1) is 15.2. The van der Waals surface area contributed by atoms with Gasteiger partial charge in [-0.1, -0.05) is 37.1 Å². The number of carbonyl (C=O) groups excluding carboxylic acids is 1. The highest BCUT2D eigenvalue weighted by atomic mass is 16.5. The van der Waals surface area contributed by atoms with Gasteiger partial charge in [-0.15, -0.1) is 10.2 Å². The molecule has 1 aliphatic heterocycles. The molecule has 0 radical (unpaired) electrons. The van der Waals surface area contributed by atoms with Gasteiger partial charge in [-0.3, -0.25) is 4.79 Å². The molecule has 0 bridgehead atoms. The Kier molecular flexibility index (Phi) is 6.77. The molecule has 0 spiro atoms. The molecular formula is C25H28N4O2. The number of amides is 1. The SMILES string of the molecule is Cc1cccc(OCC(=O)Nc2cccc(-c3ccc(N4CCCCCC4)nn3)c2)c1. The number of benzene rings is 2. The molecule has 0 saturated carbocycles. The third kappa shape index (κ3) is 5.81. The molecular weight excluding hydrogens is 388 g/mol. The Morgan fingerprint density at radius 3 is 2.52 bits per heavy atom. The summed E-state index contributed by atoms with van der Waals surface area (Å²) in [6.07, 6.45) is 4.99. The van der Waals surface area contributed by atoms with Crippen LogP contribution in [0.15, 0.2) is 60.7 Å². The maximum Gasteiger partial charge on any atom is 0.262 e. The Morgan fingerprint density at radius 1 is 0.968 bits per heavy atom. The predicted molar refractivity (Wildman–Crippen MR) is 123 cm³/mol. The molecule has 2 heterocycles. The number of hydrogen-bond acceptors (Lipinski definition) is 5. The van der Waals surface area contributed by atoms with Crippen molar-refractivity contribution < 1.29 is 9.53 Å². The van der Waals surface area contributed by atoms with Crippen molar-refractivity contribution >= 4 is 17.4 Å². The molecule has 1 N–H and O–H groups in total. The van der Waals surface area contributed by atoms with Crippen molar-refractivity contribution in [1.82, 2.24) is 10.2 Å². The summed E-state index contributed by atoms with van der Waals surface area (Å²) in [6, 6.07) is 19.3. The Hall–Kier alpha value is -3.41. The molecule has 160 valence electrons. The van der Waals surface area contributed by atoms with Crippen LogP contribution in [0.2, 0.25) is 0 Å². The molecule has 1 fully saturated rings. The van der Waals surface area contributed by atoms with Crippen molar-refractivity contribution in [2.45, 2.75) is 32.6 Å². The number of ether oxygens (including phenoxy) is 1. The zero-order chi connectivity index (χ0) is 21.5. The van der Waals surface area contributed by atoms with E-state index in [1.54, 1.807) is 0 Å². The van der Waals surface area contributed by atoms with Crippen LogP contribution in [0, 0.1) is 6.92 Å². The highest BCUT2D eigenvalue weighted by Gasteiger charge is 2.12. The minimum Gasteiger partial charge on any atom is -0.484 e. The van der Waals surface area contributed by atoms with Crippen LogP contribution in [0.1, 0.15) is 31.2 Å². The fourth-order valence-electron chi connectivity index (χ4n) is 3.75. The molecule has 31 heavy (non-hydrogen) atoms. The zero-order valence-electron chi connectivity index (χ0n) is 17.9. The number of aryl methyl sites for hydroxylation is 1. The minimum atomic E-state index is -0.207. The number of nitrogens with zero attached hydrogens (tertiary/aromatic N) is 3. The summed E-state index contributed by atoms with van der Waals surface area (Å²) in [5, 5.41) is 11.8. The number of rotatable bonds is 6. The molecule has 6 heteroatoms. The first-order valence-electron chi connectivity index (χ1n) is 10.9. The van der Waals surface area contributed by atoms with Crippen LogP contribution in [0.4, 0.5) is 11.5 Å².